The molecule has 0 aliphatic rings. The quantitative estimate of drug-likeness (QED) is 0.704. The second-order valence-electron chi connectivity index (χ2n) is 6.02. The maximum atomic E-state index is 6.08. The van der Waals surface area contributed by atoms with Gasteiger partial charge in [0, 0.05) is 12.1 Å². The second-order valence-corrected chi connectivity index (χ2v) is 6.02. The lowest BCUT2D eigenvalue weighted by molar-refractivity contribution is 0.280. The van der Waals surface area contributed by atoms with Gasteiger partial charge in [-0.3, -0.25) is 0 Å². The molecule has 1 unspecified atom stereocenters. The molecule has 0 radical (unpaired) electrons. The van der Waals surface area contributed by atoms with Crippen LogP contribution < -0.4 is 15.2 Å². The highest BCUT2D eigenvalue weighted by Gasteiger charge is 2.10. The van der Waals surface area contributed by atoms with Crippen molar-refractivity contribution in [1.82, 2.24) is 0 Å². The Balaban J connectivity index is 2.78. The predicted octanol–water partition coefficient (Wildman–Crippen LogP) is 4.18. The maximum absolute atomic E-state index is 6.08. The first-order chi connectivity index (χ1) is 10.1. The summed E-state index contributed by atoms with van der Waals surface area (Å²) in [4.78, 5) is 0. The third kappa shape index (κ3) is 6.85. The molecular formula is C18H31NO2. The molecule has 3 nitrogen and oxygen atoms in total. The lowest BCUT2D eigenvalue weighted by atomic mass is 10.0. The van der Waals surface area contributed by atoms with Gasteiger partial charge >= 0.3 is 0 Å². The highest BCUT2D eigenvalue weighted by Crippen LogP contribution is 2.27. The van der Waals surface area contributed by atoms with E-state index in [0.29, 0.717) is 5.92 Å². The van der Waals surface area contributed by atoms with E-state index in [1.807, 2.05) is 12.1 Å². The lowest BCUT2D eigenvalue weighted by Gasteiger charge is -2.16. The van der Waals surface area contributed by atoms with Crippen molar-refractivity contribution in [3.8, 4) is 11.5 Å². The van der Waals surface area contributed by atoms with E-state index in [1.165, 1.54) is 5.56 Å². The average molecular weight is 293 g/mol. The van der Waals surface area contributed by atoms with Crippen LogP contribution in [0.2, 0.25) is 0 Å². The molecule has 1 aromatic carbocycles. The Morgan fingerprint density at radius 2 is 1.86 bits per heavy atom. The van der Waals surface area contributed by atoms with E-state index in [1.54, 1.807) is 0 Å². The number of ether oxygens (including phenoxy) is 2. The summed E-state index contributed by atoms with van der Waals surface area (Å²) in [5.74, 6) is 2.45. The third-order valence-electron chi connectivity index (χ3n) is 3.47. The molecule has 1 rings (SSSR count). The van der Waals surface area contributed by atoms with E-state index in [-0.39, 0.29) is 6.04 Å². The van der Waals surface area contributed by atoms with Gasteiger partial charge in [-0.25, -0.2) is 0 Å². The Morgan fingerprint density at radius 3 is 2.48 bits per heavy atom. The zero-order chi connectivity index (χ0) is 15.7. The van der Waals surface area contributed by atoms with Crippen LogP contribution in [0.1, 0.15) is 52.5 Å². The van der Waals surface area contributed by atoms with Crippen LogP contribution in [-0.2, 0) is 6.42 Å². The van der Waals surface area contributed by atoms with Crippen molar-refractivity contribution in [1.29, 1.82) is 0 Å². The van der Waals surface area contributed by atoms with Crippen molar-refractivity contribution >= 4 is 0 Å². The number of hydrogen-bond acceptors (Lipinski definition) is 3. The molecule has 0 aromatic heterocycles. The molecule has 1 atom stereocenters. The molecule has 0 saturated carbocycles. The minimum Gasteiger partial charge on any atom is -0.493 e. The first kappa shape index (κ1) is 17.8. The fraction of sp³-hybridized carbons (Fsp3) is 0.667. The Kier molecular flexibility index (Phi) is 8.21. The van der Waals surface area contributed by atoms with Gasteiger partial charge in [0.2, 0.25) is 0 Å². The van der Waals surface area contributed by atoms with Gasteiger partial charge in [0.1, 0.15) is 11.5 Å². The molecule has 120 valence electrons. The third-order valence-corrected chi connectivity index (χ3v) is 3.47. The van der Waals surface area contributed by atoms with Gasteiger partial charge in [-0.15, -0.1) is 0 Å². The van der Waals surface area contributed by atoms with Gasteiger partial charge in [-0.05, 0) is 43.2 Å². The zero-order valence-corrected chi connectivity index (χ0v) is 14.0. The molecule has 0 amide bonds. The zero-order valence-electron chi connectivity index (χ0n) is 14.0. The van der Waals surface area contributed by atoms with Crippen molar-refractivity contribution in [2.24, 2.45) is 11.7 Å². The summed E-state index contributed by atoms with van der Waals surface area (Å²) in [6.07, 6.45) is 3.88. The van der Waals surface area contributed by atoms with Gasteiger partial charge in [0.05, 0.1) is 13.2 Å². The fourth-order valence-electron chi connectivity index (χ4n) is 1.98. The minimum atomic E-state index is 0.180. The van der Waals surface area contributed by atoms with Crippen LogP contribution in [0, 0.1) is 5.92 Å². The van der Waals surface area contributed by atoms with Crippen LogP contribution in [0.4, 0.5) is 0 Å². The highest BCUT2D eigenvalue weighted by molar-refractivity contribution is 5.41. The molecule has 0 fully saturated rings. The smallest absolute Gasteiger partial charge is 0.126 e. The standard InChI is InChI=1S/C18H31NO2/c1-5-10-20-17-8-7-15(12-16(19)6-2)18(13-17)21-11-9-14(3)4/h7-8,13-14,16H,5-6,9-12,19H2,1-4H3. The Morgan fingerprint density at radius 1 is 1.10 bits per heavy atom. The summed E-state index contributed by atoms with van der Waals surface area (Å²) in [6.45, 7) is 10.1. The van der Waals surface area contributed by atoms with E-state index < -0.39 is 0 Å². The SMILES string of the molecule is CCCOc1ccc(CC(N)CC)c(OCCC(C)C)c1. The van der Waals surface area contributed by atoms with Gasteiger partial charge in [0.15, 0.2) is 0 Å². The van der Waals surface area contributed by atoms with E-state index in [2.05, 4.69) is 33.8 Å². The molecule has 0 aliphatic carbocycles. The largest absolute Gasteiger partial charge is 0.493 e. The Labute approximate surface area is 129 Å². The predicted molar refractivity (Wildman–Crippen MR) is 89.1 cm³/mol. The minimum absolute atomic E-state index is 0.180. The number of benzene rings is 1. The van der Waals surface area contributed by atoms with Crippen LogP contribution in [-0.4, -0.2) is 19.3 Å². The van der Waals surface area contributed by atoms with Crippen LogP contribution in [0.25, 0.3) is 0 Å². The maximum Gasteiger partial charge on any atom is 0.126 e. The van der Waals surface area contributed by atoms with Crippen molar-refractivity contribution in [2.75, 3.05) is 13.2 Å². The molecule has 21 heavy (non-hydrogen) atoms. The first-order valence-electron chi connectivity index (χ1n) is 8.20. The molecule has 0 heterocycles. The van der Waals surface area contributed by atoms with Crippen LogP contribution in [0.15, 0.2) is 18.2 Å². The average Bonchev–Trinajstić information content (AvgIpc) is 2.46. The molecule has 0 spiro atoms. The summed E-state index contributed by atoms with van der Waals surface area (Å²) in [5, 5.41) is 0. The van der Waals surface area contributed by atoms with Crippen molar-refractivity contribution < 1.29 is 9.47 Å². The summed E-state index contributed by atoms with van der Waals surface area (Å²) in [6, 6.07) is 6.29. The topological polar surface area (TPSA) is 44.5 Å². The first-order valence-corrected chi connectivity index (χ1v) is 8.20. The summed E-state index contributed by atoms with van der Waals surface area (Å²) in [5.41, 5.74) is 7.26. The monoisotopic (exact) mass is 293 g/mol. The van der Waals surface area contributed by atoms with E-state index >= 15 is 0 Å². The van der Waals surface area contributed by atoms with Crippen molar-refractivity contribution in [3.63, 3.8) is 0 Å². The van der Waals surface area contributed by atoms with E-state index in [4.69, 9.17) is 15.2 Å². The highest BCUT2D eigenvalue weighted by atomic mass is 16.5. The van der Waals surface area contributed by atoms with Crippen LogP contribution in [0.5, 0.6) is 11.5 Å². The Bertz CT molecular complexity index is 404. The number of nitrogens with two attached hydrogens (primary N) is 1. The van der Waals surface area contributed by atoms with Gasteiger partial charge < -0.3 is 15.2 Å². The lowest BCUT2D eigenvalue weighted by Crippen LogP contribution is -2.21. The molecule has 1 aromatic rings. The summed E-state index contributed by atoms with van der Waals surface area (Å²) >= 11 is 0. The van der Waals surface area contributed by atoms with E-state index in [0.717, 1.165) is 50.4 Å². The number of rotatable bonds is 10. The molecule has 2 N–H and O–H groups in total. The second kappa shape index (κ2) is 9.67. The van der Waals surface area contributed by atoms with Gasteiger partial charge in [-0.1, -0.05) is 33.8 Å². The van der Waals surface area contributed by atoms with Gasteiger partial charge in [0.25, 0.3) is 0 Å². The molecule has 0 bridgehead atoms. The normalized spacial score (nSPS) is 12.5. The van der Waals surface area contributed by atoms with Crippen LogP contribution >= 0.6 is 0 Å². The van der Waals surface area contributed by atoms with Crippen molar-refractivity contribution in [3.05, 3.63) is 23.8 Å². The molecular weight excluding hydrogens is 262 g/mol. The number of hydrogen-bond donors (Lipinski definition) is 1. The molecule has 0 aliphatic heterocycles. The molecule has 3 heteroatoms. The Hall–Kier alpha value is -1.22. The summed E-state index contributed by atoms with van der Waals surface area (Å²) < 4.78 is 11.7. The van der Waals surface area contributed by atoms with E-state index in [9.17, 15) is 0 Å². The molecule has 0 saturated heterocycles. The fourth-order valence-corrected chi connectivity index (χ4v) is 1.98. The summed E-state index contributed by atoms with van der Waals surface area (Å²) in [7, 11) is 0. The van der Waals surface area contributed by atoms with Crippen molar-refractivity contribution in [2.45, 2.75) is 59.4 Å². The van der Waals surface area contributed by atoms with Crippen LogP contribution in [0.3, 0.4) is 0 Å². The van der Waals surface area contributed by atoms with Gasteiger partial charge in [-0.2, -0.15) is 0 Å².